The molecule has 0 aromatic heterocycles. The summed E-state index contributed by atoms with van der Waals surface area (Å²) in [5.74, 6) is -1.96. The first-order chi connectivity index (χ1) is 6.37. The highest BCUT2D eigenvalue weighted by Gasteiger charge is 2.28. The van der Waals surface area contributed by atoms with Crippen LogP contribution in [0.15, 0.2) is 0 Å². The molecule has 0 fully saturated rings. The van der Waals surface area contributed by atoms with Crippen LogP contribution >= 0.6 is 0 Å². The van der Waals surface area contributed by atoms with Crippen molar-refractivity contribution in [1.29, 1.82) is 0 Å². The molecule has 0 aliphatic carbocycles. The van der Waals surface area contributed by atoms with E-state index in [0.717, 1.165) is 0 Å². The van der Waals surface area contributed by atoms with Gasteiger partial charge in [-0.25, -0.2) is 0 Å². The Morgan fingerprint density at radius 1 is 1.50 bits per heavy atom. The van der Waals surface area contributed by atoms with E-state index in [-0.39, 0.29) is 6.61 Å². The normalized spacial score (nSPS) is 14.0. The third-order valence-corrected chi connectivity index (χ3v) is 1.57. The number of carboxylic acid groups (broad SMARTS) is 1. The summed E-state index contributed by atoms with van der Waals surface area (Å²) in [4.78, 5) is 10.5. The predicted molar refractivity (Wildman–Crippen MR) is 42.9 cm³/mol. The Bertz CT molecular complexity index is 179. The lowest BCUT2D eigenvalue weighted by molar-refractivity contribution is -0.179. The molecule has 0 aliphatic rings. The predicted octanol–water partition coefficient (Wildman–Crippen LogP) is 2.07. The Balaban J connectivity index is 3.77. The number of carbonyl (C=O) groups is 1. The molecule has 3 nitrogen and oxygen atoms in total. The van der Waals surface area contributed by atoms with Crippen molar-refractivity contribution < 1.29 is 27.8 Å². The van der Waals surface area contributed by atoms with Crippen LogP contribution in [0.25, 0.3) is 0 Å². The molecular formula is C8H13F3O3. The van der Waals surface area contributed by atoms with Gasteiger partial charge in [0.05, 0.1) is 12.5 Å². The molecule has 0 spiro atoms. The maximum atomic E-state index is 11.6. The molecule has 0 heterocycles. The average molecular weight is 214 g/mol. The molecule has 1 atom stereocenters. The second kappa shape index (κ2) is 5.85. The van der Waals surface area contributed by atoms with Gasteiger partial charge in [-0.05, 0) is 6.42 Å². The minimum absolute atomic E-state index is 0.327. The van der Waals surface area contributed by atoms with Crippen LogP contribution in [0.1, 0.15) is 19.8 Å². The van der Waals surface area contributed by atoms with Crippen molar-refractivity contribution in [3.63, 3.8) is 0 Å². The van der Waals surface area contributed by atoms with E-state index in [4.69, 9.17) is 5.11 Å². The quantitative estimate of drug-likeness (QED) is 0.736. The second-order valence-electron chi connectivity index (χ2n) is 2.95. The first-order valence-electron chi connectivity index (χ1n) is 4.24. The van der Waals surface area contributed by atoms with Gasteiger partial charge in [0, 0.05) is 0 Å². The molecule has 1 N–H and O–H groups in total. The Labute approximate surface area is 79.9 Å². The number of carboxylic acids is 1. The molecule has 0 aromatic carbocycles. The number of hydrogen-bond donors (Lipinski definition) is 1. The topological polar surface area (TPSA) is 46.5 Å². The van der Waals surface area contributed by atoms with Crippen LogP contribution in [0.2, 0.25) is 0 Å². The van der Waals surface area contributed by atoms with Crippen molar-refractivity contribution in [3.05, 3.63) is 0 Å². The van der Waals surface area contributed by atoms with Gasteiger partial charge < -0.3 is 9.84 Å². The van der Waals surface area contributed by atoms with E-state index in [9.17, 15) is 18.0 Å². The minimum atomic E-state index is -4.39. The van der Waals surface area contributed by atoms with Crippen molar-refractivity contribution in [3.8, 4) is 0 Å². The van der Waals surface area contributed by atoms with Crippen molar-refractivity contribution in [1.82, 2.24) is 0 Å². The summed E-state index contributed by atoms with van der Waals surface area (Å²) in [6.07, 6.45) is -3.46. The van der Waals surface area contributed by atoms with Crippen molar-refractivity contribution in [2.75, 3.05) is 13.2 Å². The van der Waals surface area contributed by atoms with Gasteiger partial charge in [0.25, 0.3) is 0 Å². The molecule has 1 unspecified atom stereocenters. The van der Waals surface area contributed by atoms with Crippen molar-refractivity contribution >= 4 is 5.97 Å². The van der Waals surface area contributed by atoms with Crippen molar-refractivity contribution in [2.24, 2.45) is 5.92 Å². The lowest BCUT2D eigenvalue weighted by atomic mass is 10.1. The summed E-state index contributed by atoms with van der Waals surface area (Å²) in [6.45, 7) is -0.0110. The van der Waals surface area contributed by atoms with Crippen LogP contribution in [-0.4, -0.2) is 30.5 Å². The Kier molecular flexibility index (Phi) is 5.52. The molecular weight excluding hydrogens is 201 g/mol. The van der Waals surface area contributed by atoms with E-state index >= 15 is 0 Å². The highest BCUT2D eigenvalue weighted by Crippen LogP contribution is 2.16. The number of rotatable bonds is 6. The third-order valence-electron chi connectivity index (χ3n) is 1.57. The molecule has 0 bridgehead atoms. The Morgan fingerprint density at radius 3 is 2.43 bits per heavy atom. The first-order valence-corrected chi connectivity index (χ1v) is 4.24. The van der Waals surface area contributed by atoms with Crippen LogP contribution < -0.4 is 0 Å². The third kappa shape index (κ3) is 6.71. The van der Waals surface area contributed by atoms with Gasteiger partial charge in [0.2, 0.25) is 0 Å². The second-order valence-corrected chi connectivity index (χ2v) is 2.95. The Hall–Kier alpha value is -0.780. The van der Waals surface area contributed by atoms with Crippen LogP contribution in [0.4, 0.5) is 13.2 Å². The molecule has 0 aromatic rings. The molecule has 0 radical (unpaired) electrons. The lowest BCUT2D eigenvalue weighted by Crippen LogP contribution is -2.24. The molecule has 0 amide bonds. The maximum Gasteiger partial charge on any atom is 0.411 e. The summed E-state index contributed by atoms with van der Waals surface area (Å²) >= 11 is 0. The molecule has 0 saturated heterocycles. The SMILES string of the molecule is CCCC(COCC(F)(F)F)C(=O)O. The number of alkyl halides is 3. The number of hydrogen-bond acceptors (Lipinski definition) is 2. The van der Waals surface area contributed by atoms with Gasteiger partial charge in [0.1, 0.15) is 6.61 Å². The summed E-state index contributed by atoms with van der Waals surface area (Å²) in [7, 11) is 0. The van der Waals surface area contributed by atoms with Crippen LogP contribution in [0.3, 0.4) is 0 Å². The monoisotopic (exact) mass is 214 g/mol. The maximum absolute atomic E-state index is 11.6. The lowest BCUT2D eigenvalue weighted by Gasteiger charge is -2.12. The summed E-state index contributed by atoms with van der Waals surface area (Å²) in [5.41, 5.74) is 0. The van der Waals surface area contributed by atoms with E-state index in [0.29, 0.717) is 12.8 Å². The fraction of sp³-hybridized carbons (Fsp3) is 0.875. The number of halogens is 3. The summed E-state index contributed by atoms with van der Waals surface area (Å²) < 4.78 is 39.1. The standard InChI is InChI=1S/C8H13F3O3/c1-2-3-6(7(12)13)4-14-5-8(9,10)11/h6H,2-5H2,1H3,(H,12,13). The number of ether oxygens (including phenoxy) is 1. The molecule has 0 aliphatic heterocycles. The molecule has 0 saturated carbocycles. The molecule has 14 heavy (non-hydrogen) atoms. The zero-order chi connectivity index (χ0) is 11.2. The summed E-state index contributed by atoms with van der Waals surface area (Å²) in [5, 5.41) is 8.57. The molecule has 0 rings (SSSR count). The van der Waals surface area contributed by atoms with Gasteiger partial charge in [-0.15, -0.1) is 0 Å². The van der Waals surface area contributed by atoms with E-state index < -0.39 is 24.7 Å². The minimum Gasteiger partial charge on any atom is -0.481 e. The van der Waals surface area contributed by atoms with Crippen LogP contribution in [-0.2, 0) is 9.53 Å². The van der Waals surface area contributed by atoms with E-state index in [1.54, 1.807) is 6.92 Å². The molecule has 6 heteroatoms. The average Bonchev–Trinajstić information content (AvgIpc) is 2.00. The fourth-order valence-electron chi connectivity index (χ4n) is 0.943. The van der Waals surface area contributed by atoms with E-state index in [1.807, 2.05) is 0 Å². The van der Waals surface area contributed by atoms with Gasteiger partial charge >= 0.3 is 12.1 Å². The van der Waals surface area contributed by atoms with Gasteiger partial charge in [-0.2, -0.15) is 13.2 Å². The van der Waals surface area contributed by atoms with Crippen molar-refractivity contribution in [2.45, 2.75) is 25.9 Å². The van der Waals surface area contributed by atoms with E-state index in [2.05, 4.69) is 4.74 Å². The van der Waals surface area contributed by atoms with Gasteiger partial charge in [-0.3, -0.25) is 4.79 Å². The highest BCUT2D eigenvalue weighted by molar-refractivity contribution is 5.70. The zero-order valence-electron chi connectivity index (χ0n) is 7.80. The first kappa shape index (κ1) is 13.2. The van der Waals surface area contributed by atoms with E-state index in [1.165, 1.54) is 0 Å². The summed E-state index contributed by atoms with van der Waals surface area (Å²) in [6, 6.07) is 0. The highest BCUT2D eigenvalue weighted by atomic mass is 19.4. The smallest absolute Gasteiger partial charge is 0.411 e. The number of aliphatic carboxylic acids is 1. The van der Waals surface area contributed by atoms with Gasteiger partial charge in [0.15, 0.2) is 0 Å². The fourth-order valence-corrected chi connectivity index (χ4v) is 0.943. The molecule has 84 valence electrons. The van der Waals surface area contributed by atoms with Crippen LogP contribution in [0, 0.1) is 5.92 Å². The zero-order valence-corrected chi connectivity index (χ0v) is 7.80. The largest absolute Gasteiger partial charge is 0.481 e. The van der Waals surface area contributed by atoms with Gasteiger partial charge in [-0.1, -0.05) is 13.3 Å². The Morgan fingerprint density at radius 2 is 2.07 bits per heavy atom. The van der Waals surface area contributed by atoms with Crippen LogP contribution in [0.5, 0.6) is 0 Å².